The maximum absolute atomic E-state index is 13.7. The molecule has 5 rings (SSSR count). The molecule has 0 fully saturated rings. The zero-order chi connectivity index (χ0) is 22.9. The van der Waals surface area contributed by atoms with Gasteiger partial charge in [0.05, 0.1) is 29.4 Å². The predicted octanol–water partition coefficient (Wildman–Crippen LogP) is 5.54. The maximum Gasteiger partial charge on any atom is 0.162 e. The molecule has 5 nitrogen and oxygen atoms in total. The number of carbonyl (C=O) groups excluding carboxylic acids is 1. The summed E-state index contributed by atoms with van der Waals surface area (Å²) in [6, 6.07) is 23.9. The number of Topliss-reactive ketones (excluding diaryl/α,β-unsaturated/α-hetero) is 1. The highest BCUT2D eigenvalue weighted by molar-refractivity contribution is 9.10. The van der Waals surface area contributed by atoms with Gasteiger partial charge < -0.3 is 5.73 Å². The third-order valence-electron chi connectivity index (χ3n) is 6.32. The van der Waals surface area contributed by atoms with Crippen LogP contribution in [0, 0.1) is 11.3 Å². The fraction of sp³-hybridized carbons (Fsp3) is 0.148. The van der Waals surface area contributed by atoms with Crippen molar-refractivity contribution in [2.45, 2.75) is 24.7 Å². The van der Waals surface area contributed by atoms with Crippen molar-refractivity contribution in [2.24, 2.45) is 5.73 Å². The number of aromatic nitrogens is 1. The number of benzene rings is 2. The lowest BCUT2D eigenvalue weighted by atomic mass is 9.72. The highest BCUT2D eigenvalue weighted by Crippen LogP contribution is 2.49. The predicted molar refractivity (Wildman–Crippen MR) is 131 cm³/mol. The number of rotatable bonds is 3. The molecule has 2 N–H and O–H groups in total. The van der Waals surface area contributed by atoms with E-state index in [1.54, 1.807) is 12.4 Å². The van der Waals surface area contributed by atoms with Gasteiger partial charge in [-0.05, 0) is 47.7 Å². The van der Waals surface area contributed by atoms with Crippen molar-refractivity contribution in [3.63, 3.8) is 0 Å². The van der Waals surface area contributed by atoms with E-state index in [2.05, 4.69) is 39.1 Å². The first-order valence-corrected chi connectivity index (χ1v) is 11.5. The first-order valence-electron chi connectivity index (χ1n) is 10.7. The highest BCUT2D eigenvalue weighted by Gasteiger charge is 2.42. The molecule has 2 heterocycles. The second-order valence-electron chi connectivity index (χ2n) is 8.24. The number of pyridine rings is 1. The molecule has 0 radical (unpaired) electrons. The number of ketones is 1. The summed E-state index contributed by atoms with van der Waals surface area (Å²) >= 11 is 3.53. The van der Waals surface area contributed by atoms with Crippen LogP contribution in [0.5, 0.6) is 0 Å². The van der Waals surface area contributed by atoms with Crippen LogP contribution in [-0.4, -0.2) is 10.8 Å². The lowest BCUT2D eigenvalue weighted by molar-refractivity contribution is -0.116. The molecule has 0 unspecified atom stereocenters. The Balaban J connectivity index is 1.73. The van der Waals surface area contributed by atoms with Gasteiger partial charge in [0.1, 0.15) is 5.82 Å². The van der Waals surface area contributed by atoms with Crippen LogP contribution in [-0.2, 0) is 4.79 Å². The molecular weight excluding hydrogens is 476 g/mol. The number of nitrogens with two attached hydrogens (primary N) is 1. The lowest BCUT2D eigenvalue weighted by Crippen LogP contribution is -2.40. The number of nitriles is 1. The van der Waals surface area contributed by atoms with Crippen molar-refractivity contribution in [3.8, 4) is 6.07 Å². The van der Waals surface area contributed by atoms with Gasteiger partial charge in [-0.3, -0.25) is 14.7 Å². The summed E-state index contributed by atoms with van der Waals surface area (Å²) in [5.74, 6) is -0.0733. The van der Waals surface area contributed by atoms with E-state index >= 15 is 0 Å². The van der Waals surface area contributed by atoms with Crippen LogP contribution in [0.3, 0.4) is 0 Å². The van der Waals surface area contributed by atoms with Gasteiger partial charge in [0, 0.05) is 28.4 Å². The quantitative estimate of drug-likeness (QED) is 0.514. The van der Waals surface area contributed by atoms with E-state index in [1.165, 1.54) is 0 Å². The average Bonchev–Trinajstić information content (AvgIpc) is 2.84. The van der Waals surface area contributed by atoms with Gasteiger partial charge in [-0.1, -0.05) is 58.4 Å². The van der Waals surface area contributed by atoms with E-state index in [0.717, 1.165) is 27.0 Å². The van der Waals surface area contributed by atoms with Crippen LogP contribution in [0.2, 0.25) is 0 Å². The Morgan fingerprint density at radius 1 is 1.03 bits per heavy atom. The van der Waals surface area contributed by atoms with Gasteiger partial charge in [-0.2, -0.15) is 5.26 Å². The molecule has 2 atom stereocenters. The summed E-state index contributed by atoms with van der Waals surface area (Å²) in [5.41, 5.74) is 11.3. The Morgan fingerprint density at radius 2 is 1.82 bits per heavy atom. The van der Waals surface area contributed by atoms with Crippen molar-refractivity contribution in [2.75, 3.05) is 4.90 Å². The zero-order valence-corrected chi connectivity index (χ0v) is 19.4. The number of hydrogen-bond donors (Lipinski definition) is 1. The van der Waals surface area contributed by atoms with Gasteiger partial charge in [0.25, 0.3) is 0 Å². The highest BCUT2D eigenvalue weighted by atomic mass is 79.9. The molecule has 162 valence electrons. The average molecular weight is 497 g/mol. The number of hydrogen-bond acceptors (Lipinski definition) is 5. The Morgan fingerprint density at radius 3 is 2.52 bits per heavy atom. The largest absolute Gasteiger partial charge is 0.384 e. The molecule has 0 spiro atoms. The minimum Gasteiger partial charge on any atom is -0.384 e. The Labute approximate surface area is 201 Å². The summed E-state index contributed by atoms with van der Waals surface area (Å²) in [4.78, 5) is 19.8. The van der Waals surface area contributed by atoms with Crippen LogP contribution in [0.25, 0.3) is 0 Å². The fourth-order valence-corrected chi connectivity index (χ4v) is 5.31. The summed E-state index contributed by atoms with van der Waals surface area (Å²) in [6.07, 6.45) is 4.44. The van der Waals surface area contributed by atoms with E-state index in [9.17, 15) is 10.1 Å². The molecule has 1 aromatic heterocycles. The smallest absolute Gasteiger partial charge is 0.162 e. The van der Waals surface area contributed by atoms with E-state index in [-0.39, 0.29) is 11.7 Å². The molecule has 2 aromatic carbocycles. The maximum atomic E-state index is 13.7. The molecular formula is C27H21BrN4O. The van der Waals surface area contributed by atoms with Crippen LogP contribution in [0.4, 0.5) is 5.69 Å². The minimum absolute atomic E-state index is 0.0382. The summed E-state index contributed by atoms with van der Waals surface area (Å²) in [6.45, 7) is 0. The monoisotopic (exact) mass is 496 g/mol. The van der Waals surface area contributed by atoms with Crippen molar-refractivity contribution < 1.29 is 4.79 Å². The SMILES string of the molecule is N#CC1=C(N)N(c2cccnc2)C2=C(C(=O)C[C@H](c3ccccc3)C2)[C@@H]1c1cccc(Br)c1. The van der Waals surface area contributed by atoms with Gasteiger partial charge >= 0.3 is 0 Å². The first kappa shape index (κ1) is 21.2. The van der Waals surface area contributed by atoms with Crippen molar-refractivity contribution in [1.29, 1.82) is 5.26 Å². The minimum atomic E-state index is -0.500. The molecule has 0 saturated heterocycles. The standard InChI is InChI=1S/C27H21BrN4O/c28-20-9-4-8-18(12-20)25-22(15-29)27(30)32(21-10-5-11-31-16-21)23-13-19(14-24(33)26(23)25)17-6-2-1-3-7-17/h1-12,16,19,25H,13-14,30H2/t19-,25-/m1/s1. The molecule has 33 heavy (non-hydrogen) atoms. The van der Waals surface area contributed by atoms with Crippen molar-refractivity contribution in [3.05, 3.63) is 117 Å². The van der Waals surface area contributed by atoms with Gasteiger partial charge in [-0.15, -0.1) is 0 Å². The van der Waals surface area contributed by atoms with E-state index < -0.39 is 5.92 Å². The van der Waals surface area contributed by atoms with Gasteiger partial charge in [-0.25, -0.2) is 0 Å². The second-order valence-corrected chi connectivity index (χ2v) is 9.16. The van der Waals surface area contributed by atoms with Gasteiger partial charge in [0.2, 0.25) is 0 Å². The first-order chi connectivity index (χ1) is 16.1. The van der Waals surface area contributed by atoms with Crippen molar-refractivity contribution in [1.82, 2.24) is 4.98 Å². The zero-order valence-electron chi connectivity index (χ0n) is 17.8. The molecule has 1 aliphatic heterocycles. The molecule has 1 aliphatic carbocycles. The molecule has 3 aromatic rings. The topological polar surface area (TPSA) is 83.0 Å². The van der Waals surface area contributed by atoms with Crippen LogP contribution in [0.15, 0.2) is 106 Å². The number of anilines is 1. The second kappa shape index (κ2) is 8.68. The van der Waals surface area contributed by atoms with E-state index in [4.69, 9.17) is 5.73 Å². The summed E-state index contributed by atoms with van der Waals surface area (Å²) in [7, 11) is 0. The fourth-order valence-electron chi connectivity index (χ4n) is 4.89. The molecule has 0 saturated carbocycles. The Hall–Kier alpha value is -3.69. The van der Waals surface area contributed by atoms with Crippen molar-refractivity contribution >= 4 is 27.4 Å². The summed E-state index contributed by atoms with van der Waals surface area (Å²) < 4.78 is 0.887. The molecule has 0 amide bonds. The van der Waals surface area contributed by atoms with Crippen LogP contribution in [0.1, 0.15) is 35.8 Å². The summed E-state index contributed by atoms with van der Waals surface area (Å²) in [5, 5.41) is 10.2. The normalized spacial score (nSPS) is 20.5. The van der Waals surface area contributed by atoms with Crippen LogP contribution < -0.4 is 10.6 Å². The van der Waals surface area contributed by atoms with E-state index in [0.29, 0.717) is 29.8 Å². The molecule has 0 bridgehead atoms. The molecule has 2 aliphatic rings. The molecule has 6 heteroatoms. The number of halogens is 1. The third-order valence-corrected chi connectivity index (χ3v) is 6.82. The Kier molecular flexibility index (Phi) is 5.57. The van der Waals surface area contributed by atoms with E-state index in [1.807, 2.05) is 59.5 Å². The number of carbonyl (C=O) groups is 1. The number of nitrogens with zero attached hydrogens (tertiary/aromatic N) is 3. The third kappa shape index (κ3) is 3.75. The van der Waals surface area contributed by atoms with Crippen LogP contribution >= 0.6 is 15.9 Å². The number of allylic oxidation sites excluding steroid dienone is 3. The van der Waals surface area contributed by atoms with Gasteiger partial charge in [0.15, 0.2) is 5.78 Å². The lowest BCUT2D eigenvalue weighted by Gasteiger charge is -2.41. The Bertz CT molecular complexity index is 1320.